The van der Waals surface area contributed by atoms with E-state index in [1.54, 1.807) is 12.5 Å². The second-order valence-electron chi connectivity index (χ2n) is 10.1. The summed E-state index contributed by atoms with van der Waals surface area (Å²) in [7, 11) is 0. The maximum Gasteiger partial charge on any atom is 0.217 e. The van der Waals surface area contributed by atoms with E-state index >= 15 is 0 Å². The number of nitrogens with one attached hydrogen (secondary N) is 1. The number of allylic oxidation sites excluding steroid dienone is 2. The van der Waals surface area contributed by atoms with Crippen LogP contribution in [0.4, 0.5) is 0 Å². The number of rotatable bonds is 1. The highest BCUT2D eigenvalue weighted by molar-refractivity contribution is 5.73. The van der Waals surface area contributed by atoms with Crippen LogP contribution in [0, 0.1) is 34.5 Å². The van der Waals surface area contributed by atoms with Gasteiger partial charge in [0, 0.05) is 13.0 Å². The van der Waals surface area contributed by atoms with Crippen molar-refractivity contribution in [3.8, 4) is 0 Å². The van der Waals surface area contributed by atoms with Gasteiger partial charge in [0.1, 0.15) is 0 Å². The molecule has 0 aromatic heterocycles. The average molecular weight is 344 g/mol. The molecule has 25 heavy (non-hydrogen) atoms. The molecule has 0 heterocycles. The second-order valence-corrected chi connectivity index (χ2v) is 10.1. The van der Waals surface area contributed by atoms with Gasteiger partial charge in [0.05, 0.1) is 0 Å². The first-order valence-corrected chi connectivity index (χ1v) is 10.8. The largest absolute Gasteiger partial charge is 0.354 e. The third-order valence-electron chi connectivity index (χ3n) is 9.27. The van der Waals surface area contributed by atoms with E-state index in [-0.39, 0.29) is 5.91 Å². The number of carbonyl (C=O) groups excluding carboxylic acids is 1. The molecular weight excluding hydrogens is 306 g/mol. The minimum Gasteiger partial charge on any atom is -0.354 e. The molecule has 0 aliphatic heterocycles. The zero-order chi connectivity index (χ0) is 17.8. The minimum absolute atomic E-state index is 0.153. The van der Waals surface area contributed by atoms with Crippen molar-refractivity contribution >= 4 is 5.91 Å². The monoisotopic (exact) mass is 343 g/mol. The van der Waals surface area contributed by atoms with Crippen LogP contribution in [0.1, 0.15) is 85.5 Å². The summed E-state index contributed by atoms with van der Waals surface area (Å²) < 4.78 is 0. The van der Waals surface area contributed by atoms with Crippen molar-refractivity contribution in [1.82, 2.24) is 5.32 Å². The molecule has 0 aromatic rings. The van der Waals surface area contributed by atoms with Gasteiger partial charge < -0.3 is 5.32 Å². The van der Waals surface area contributed by atoms with Gasteiger partial charge in [0.15, 0.2) is 0 Å². The molecule has 0 spiro atoms. The molecule has 0 saturated heterocycles. The van der Waals surface area contributed by atoms with Gasteiger partial charge in [-0.25, -0.2) is 0 Å². The van der Waals surface area contributed by atoms with Gasteiger partial charge in [0.2, 0.25) is 5.91 Å². The van der Waals surface area contributed by atoms with Crippen LogP contribution < -0.4 is 5.32 Å². The van der Waals surface area contributed by atoms with Crippen LogP contribution >= 0.6 is 0 Å². The van der Waals surface area contributed by atoms with E-state index in [4.69, 9.17) is 0 Å². The summed E-state index contributed by atoms with van der Waals surface area (Å²) in [6.45, 7) is 9.13. The lowest BCUT2D eigenvalue weighted by Gasteiger charge is -2.60. The van der Waals surface area contributed by atoms with Crippen molar-refractivity contribution in [2.45, 2.75) is 91.5 Å². The zero-order valence-electron chi connectivity index (χ0n) is 16.7. The number of hydrogen-bond donors (Lipinski definition) is 1. The Balaban J connectivity index is 1.55. The van der Waals surface area contributed by atoms with Gasteiger partial charge >= 0.3 is 0 Å². The first-order valence-electron chi connectivity index (χ1n) is 10.8. The molecule has 2 nitrogen and oxygen atoms in total. The van der Waals surface area contributed by atoms with Gasteiger partial charge in [-0.15, -0.1) is 0 Å². The Kier molecular flexibility index (Phi) is 4.32. The Hall–Kier alpha value is -0.790. The first kappa shape index (κ1) is 17.6. The van der Waals surface area contributed by atoms with Crippen LogP contribution in [0.25, 0.3) is 0 Å². The number of fused-ring (bicyclic) bond motifs is 5. The molecule has 4 aliphatic carbocycles. The maximum atomic E-state index is 11.5. The van der Waals surface area contributed by atoms with Crippen molar-refractivity contribution in [2.24, 2.45) is 34.5 Å². The lowest BCUT2D eigenvalue weighted by molar-refractivity contribution is -0.123. The molecule has 1 amide bonds. The van der Waals surface area contributed by atoms with E-state index in [0.717, 1.165) is 23.7 Å². The van der Waals surface area contributed by atoms with Crippen molar-refractivity contribution in [1.29, 1.82) is 0 Å². The van der Waals surface area contributed by atoms with Crippen molar-refractivity contribution < 1.29 is 4.79 Å². The van der Waals surface area contributed by atoms with Crippen LogP contribution in [-0.2, 0) is 4.79 Å². The molecule has 1 N–H and O–H groups in total. The van der Waals surface area contributed by atoms with Crippen molar-refractivity contribution in [3.63, 3.8) is 0 Å². The third-order valence-corrected chi connectivity index (χ3v) is 9.27. The molecule has 2 heteroatoms. The molecule has 4 saturated carbocycles. The predicted molar refractivity (Wildman–Crippen MR) is 103 cm³/mol. The van der Waals surface area contributed by atoms with Crippen molar-refractivity contribution in [2.75, 3.05) is 0 Å². The number of carbonyl (C=O) groups is 1. The van der Waals surface area contributed by atoms with Crippen LogP contribution in [-0.4, -0.2) is 11.9 Å². The van der Waals surface area contributed by atoms with Crippen LogP contribution in [0.2, 0.25) is 0 Å². The van der Waals surface area contributed by atoms with E-state index in [9.17, 15) is 4.79 Å². The van der Waals surface area contributed by atoms with E-state index < -0.39 is 0 Å². The zero-order valence-corrected chi connectivity index (χ0v) is 16.7. The molecule has 140 valence electrons. The van der Waals surface area contributed by atoms with E-state index in [1.165, 1.54) is 57.8 Å². The number of amides is 1. The van der Waals surface area contributed by atoms with Gasteiger partial charge in [-0.05, 0) is 99.2 Å². The van der Waals surface area contributed by atoms with Crippen molar-refractivity contribution in [3.05, 3.63) is 11.6 Å². The second kappa shape index (κ2) is 6.13. The Morgan fingerprint density at radius 1 is 1.08 bits per heavy atom. The van der Waals surface area contributed by atoms with Gasteiger partial charge in [-0.1, -0.05) is 25.5 Å². The summed E-state index contributed by atoms with van der Waals surface area (Å²) in [4.78, 5) is 11.5. The fourth-order valence-electron chi connectivity index (χ4n) is 8.00. The van der Waals surface area contributed by atoms with E-state index in [1.807, 2.05) is 0 Å². The quantitative estimate of drug-likeness (QED) is 0.628. The topological polar surface area (TPSA) is 29.1 Å². The third kappa shape index (κ3) is 2.61. The van der Waals surface area contributed by atoms with Crippen LogP contribution in [0.5, 0.6) is 0 Å². The molecular formula is C23H37NO. The Labute approximate surface area is 154 Å². The fraction of sp³-hybridized carbons (Fsp3) is 0.870. The maximum absolute atomic E-state index is 11.5. The first-order chi connectivity index (χ1) is 11.9. The summed E-state index contributed by atoms with van der Waals surface area (Å²) in [5.41, 5.74) is 2.79. The molecule has 1 unspecified atom stereocenters. The molecule has 4 fully saturated rings. The summed E-state index contributed by atoms with van der Waals surface area (Å²) in [5.74, 6) is 3.80. The SMILES string of the molecule is C/C=C1/CC[C@H]2[C@@H]3CCC4C[C@H](NC(C)=O)CC[C@]4(C)[C@H]3CC[C@]12C. The average Bonchev–Trinajstić information content (AvgIpc) is 2.91. The van der Waals surface area contributed by atoms with Gasteiger partial charge in [-0.3, -0.25) is 4.79 Å². The summed E-state index contributed by atoms with van der Waals surface area (Å²) in [5, 5.41) is 3.21. The smallest absolute Gasteiger partial charge is 0.217 e. The van der Waals surface area contributed by atoms with Gasteiger partial charge in [0.25, 0.3) is 0 Å². The normalized spacial score (nSPS) is 50.7. The molecule has 0 radical (unpaired) electrons. The lowest BCUT2D eigenvalue weighted by atomic mass is 9.45. The Morgan fingerprint density at radius 3 is 2.60 bits per heavy atom. The molecule has 7 atom stereocenters. The van der Waals surface area contributed by atoms with Crippen LogP contribution in [0.15, 0.2) is 11.6 Å². The number of hydrogen-bond acceptors (Lipinski definition) is 1. The minimum atomic E-state index is 0.153. The Bertz CT molecular complexity index is 581. The van der Waals surface area contributed by atoms with Gasteiger partial charge in [-0.2, -0.15) is 0 Å². The Morgan fingerprint density at radius 2 is 1.88 bits per heavy atom. The standard InChI is InChI=1S/C23H37NO/c1-5-16-7-9-20-19-8-6-17-14-18(24-15(2)25)10-12-23(17,4)21(19)11-13-22(16,20)3/h5,17-21H,6-14H2,1-4H3,(H,24,25)/b16-5-/t17?,18-,19+,20+,21+,22-,23+/m1/s1. The molecule has 4 rings (SSSR count). The van der Waals surface area contributed by atoms with E-state index in [2.05, 4.69) is 32.2 Å². The summed E-state index contributed by atoms with van der Waals surface area (Å²) in [6, 6.07) is 0.432. The molecule has 0 aromatic carbocycles. The highest BCUT2D eigenvalue weighted by Crippen LogP contribution is 2.67. The predicted octanol–water partition coefficient (Wildman–Crippen LogP) is 5.48. The van der Waals surface area contributed by atoms with E-state index in [0.29, 0.717) is 16.9 Å². The summed E-state index contributed by atoms with van der Waals surface area (Å²) in [6.07, 6.45) is 14.6. The summed E-state index contributed by atoms with van der Waals surface area (Å²) >= 11 is 0. The highest BCUT2D eigenvalue weighted by atomic mass is 16.1. The fourth-order valence-corrected chi connectivity index (χ4v) is 8.00. The molecule has 4 aliphatic rings. The highest BCUT2D eigenvalue weighted by Gasteiger charge is 2.58. The lowest BCUT2D eigenvalue weighted by Crippen LogP contribution is -2.54. The molecule has 0 bridgehead atoms. The van der Waals surface area contributed by atoms with Crippen LogP contribution in [0.3, 0.4) is 0 Å².